The number of aliphatic hydroxyl groups is 1. The highest BCUT2D eigenvalue weighted by molar-refractivity contribution is 6.46. The number of carbonyl (C=O) groups is 1. The summed E-state index contributed by atoms with van der Waals surface area (Å²) in [5, 5.41) is 24.5. The van der Waals surface area contributed by atoms with Crippen LogP contribution in [0, 0.1) is 0 Å². The van der Waals surface area contributed by atoms with Crippen LogP contribution in [0.2, 0.25) is 5.02 Å². The van der Waals surface area contributed by atoms with E-state index in [0.717, 1.165) is 55.2 Å². The molecule has 3 aromatic rings. The number of aryl methyl sites for hydroxylation is 1. The maximum absolute atomic E-state index is 13.5. The molecule has 1 aliphatic carbocycles. The second kappa shape index (κ2) is 9.96. The maximum Gasteiger partial charge on any atom is 0.274 e. The van der Waals surface area contributed by atoms with E-state index in [0.29, 0.717) is 28.4 Å². The average Bonchev–Trinajstić information content (AvgIpc) is 3.39. The molecule has 2 fully saturated rings. The van der Waals surface area contributed by atoms with Gasteiger partial charge in [0.05, 0.1) is 22.7 Å². The fraction of sp³-hybridized carbons (Fsp3) is 0.444. The SMILES string of the molecule is Cn1cc2ccc3c(c2n1)CON=C3C(=O)N[C@H](CN1CCCC1)[C@H](O)c1ccc(OC2CC2)c(Cl)c1. The molecule has 1 amide bonds. The summed E-state index contributed by atoms with van der Waals surface area (Å²) in [7, 11) is 1.86. The zero-order chi connectivity index (χ0) is 25.5. The lowest BCUT2D eigenvalue weighted by Crippen LogP contribution is -2.49. The monoisotopic (exact) mass is 523 g/mol. The van der Waals surface area contributed by atoms with Gasteiger partial charge in [-0.15, -0.1) is 0 Å². The highest BCUT2D eigenvalue weighted by atomic mass is 35.5. The number of nitrogens with one attached hydrogen (secondary N) is 1. The standard InChI is InChI=1S/C27H30ClN5O4/c1-32-13-17-4-8-19-20(24(17)30-32)15-36-31-25(19)27(35)29-22(14-33-10-2-3-11-33)26(34)16-5-9-23(21(28)12-16)37-18-6-7-18/h4-5,8-9,12-13,18,22,26,34H,2-3,6-7,10-11,14-15H2,1H3,(H,29,35)/t22-,26-/m1/s1. The summed E-state index contributed by atoms with van der Waals surface area (Å²) in [4.78, 5) is 21.2. The number of aliphatic hydroxyl groups excluding tert-OH is 1. The van der Waals surface area contributed by atoms with Crippen LogP contribution in [0.15, 0.2) is 41.7 Å². The number of carbonyl (C=O) groups excluding carboxylic acids is 1. The second-order valence-corrected chi connectivity index (χ2v) is 10.5. The molecule has 1 aromatic heterocycles. The van der Waals surface area contributed by atoms with Crippen LogP contribution in [0.4, 0.5) is 0 Å². The Hall–Kier alpha value is -3.14. The molecule has 0 spiro atoms. The van der Waals surface area contributed by atoms with Gasteiger partial charge in [-0.05, 0) is 56.5 Å². The van der Waals surface area contributed by atoms with Crippen LogP contribution in [-0.2, 0) is 23.3 Å². The minimum atomic E-state index is -0.972. The summed E-state index contributed by atoms with van der Waals surface area (Å²) in [6, 6.07) is 8.56. The van der Waals surface area contributed by atoms with Crippen molar-refractivity contribution in [3.05, 3.63) is 58.2 Å². The van der Waals surface area contributed by atoms with E-state index in [1.807, 2.05) is 31.4 Å². The molecule has 10 heteroatoms. The molecule has 37 heavy (non-hydrogen) atoms. The largest absolute Gasteiger partial charge is 0.489 e. The van der Waals surface area contributed by atoms with E-state index in [9.17, 15) is 9.90 Å². The number of ether oxygens (including phenoxy) is 1. The topological polar surface area (TPSA) is 101 Å². The Morgan fingerprint density at radius 2 is 2.08 bits per heavy atom. The summed E-state index contributed by atoms with van der Waals surface area (Å²) >= 11 is 6.48. The van der Waals surface area contributed by atoms with Crippen LogP contribution in [0.1, 0.15) is 48.5 Å². The smallest absolute Gasteiger partial charge is 0.274 e. The first-order valence-corrected chi connectivity index (χ1v) is 13.2. The van der Waals surface area contributed by atoms with Crippen LogP contribution >= 0.6 is 11.6 Å². The zero-order valence-electron chi connectivity index (χ0n) is 20.7. The number of hydrogen-bond donors (Lipinski definition) is 2. The van der Waals surface area contributed by atoms with Gasteiger partial charge in [-0.2, -0.15) is 5.10 Å². The van der Waals surface area contributed by atoms with E-state index in [4.69, 9.17) is 21.2 Å². The van der Waals surface area contributed by atoms with Crippen molar-refractivity contribution in [3.8, 4) is 5.75 Å². The summed E-state index contributed by atoms with van der Waals surface area (Å²) in [5.74, 6) is 0.214. The van der Waals surface area contributed by atoms with Gasteiger partial charge in [0.15, 0.2) is 5.71 Å². The highest BCUT2D eigenvalue weighted by Gasteiger charge is 2.32. The number of oxime groups is 1. The van der Waals surface area contributed by atoms with E-state index in [1.165, 1.54) is 0 Å². The van der Waals surface area contributed by atoms with Crippen molar-refractivity contribution in [1.82, 2.24) is 20.0 Å². The van der Waals surface area contributed by atoms with Gasteiger partial charge in [0.1, 0.15) is 18.5 Å². The molecule has 1 saturated carbocycles. The number of benzene rings is 2. The predicted molar refractivity (Wildman–Crippen MR) is 140 cm³/mol. The van der Waals surface area contributed by atoms with Gasteiger partial charge < -0.3 is 24.9 Å². The Kier molecular flexibility index (Phi) is 6.52. The number of rotatable bonds is 8. The van der Waals surface area contributed by atoms with Crippen molar-refractivity contribution in [2.24, 2.45) is 12.2 Å². The van der Waals surface area contributed by atoms with Crippen molar-refractivity contribution in [1.29, 1.82) is 0 Å². The number of nitrogens with zero attached hydrogens (tertiary/aromatic N) is 4. The number of fused-ring (bicyclic) bond motifs is 3. The summed E-state index contributed by atoms with van der Waals surface area (Å²) < 4.78 is 7.58. The summed E-state index contributed by atoms with van der Waals surface area (Å²) in [6.45, 7) is 2.61. The van der Waals surface area contributed by atoms with Crippen molar-refractivity contribution >= 4 is 34.1 Å². The number of aromatic nitrogens is 2. The third-order valence-corrected chi connectivity index (χ3v) is 7.49. The first-order chi connectivity index (χ1) is 18.0. The quantitative estimate of drug-likeness (QED) is 0.470. The van der Waals surface area contributed by atoms with Gasteiger partial charge in [0, 0.05) is 36.3 Å². The van der Waals surface area contributed by atoms with E-state index in [-0.39, 0.29) is 18.4 Å². The number of likely N-dealkylation sites (tertiary alicyclic amines) is 1. The van der Waals surface area contributed by atoms with Crippen LogP contribution in [0.5, 0.6) is 5.75 Å². The van der Waals surface area contributed by atoms with Crippen LogP contribution < -0.4 is 10.1 Å². The van der Waals surface area contributed by atoms with E-state index >= 15 is 0 Å². The van der Waals surface area contributed by atoms with Crippen LogP contribution in [0.3, 0.4) is 0 Å². The summed E-state index contributed by atoms with van der Waals surface area (Å²) in [5.41, 5.74) is 3.10. The van der Waals surface area contributed by atoms with Gasteiger partial charge in [-0.25, -0.2) is 0 Å². The normalized spacial score (nSPS) is 19.2. The van der Waals surface area contributed by atoms with Crippen molar-refractivity contribution < 1.29 is 19.5 Å². The molecule has 2 aromatic carbocycles. The lowest BCUT2D eigenvalue weighted by molar-refractivity contribution is -0.116. The van der Waals surface area contributed by atoms with E-state index in [1.54, 1.807) is 16.8 Å². The Morgan fingerprint density at radius 1 is 1.27 bits per heavy atom. The van der Waals surface area contributed by atoms with Gasteiger partial charge in [0.25, 0.3) is 5.91 Å². The molecular weight excluding hydrogens is 494 g/mol. The number of hydrogen-bond acceptors (Lipinski definition) is 7. The molecule has 0 bridgehead atoms. The first-order valence-electron chi connectivity index (χ1n) is 12.8. The zero-order valence-corrected chi connectivity index (χ0v) is 21.4. The third-order valence-electron chi connectivity index (χ3n) is 7.20. The molecule has 3 heterocycles. The Bertz CT molecular complexity index is 1360. The van der Waals surface area contributed by atoms with E-state index < -0.39 is 18.1 Å². The number of amides is 1. The number of halogens is 1. The molecule has 0 radical (unpaired) electrons. The van der Waals surface area contributed by atoms with Gasteiger partial charge in [-0.1, -0.05) is 35.0 Å². The minimum Gasteiger partial charge on any atom is -0.489 e. The third kappa shape index (κ3) is 5.03. The van der Waals surface area contributed by atoms with Crippen LogP contribution in [-0.4, -0.2) is 63.2 Å². The fourth-order valence-corrected chi connectivity index (χ4v) is 5.34. The molecule has 0 unspecified atom stereocenters. The second-order valence-electron chi connectivity index (χ2n) is 10.1. The van der Waals surface area contributed by atoms with Gasteiger partial charge in [-0.3, -0.25) is 9.48 Å². The first kappa shape index (κ1) is 24.2. The molecule has 2 atom stereocenters. The summed E-state index contributed by atoms with van der Waals surface area (Å²) in [6.07, 6.45) is 5.45. The Morgan fingerprint density at radius 3 is 2.84 bits per heavy atom. The fourth-order valence-electron chi connectivity index (χ4n) is 5.11. The molecular formula is C27H30ClN5O4. The average molecular weight is 524 g/mol. The molecule has 1 saturated heterocycles. The lowest BCUT2D eigenvalue weighted by Gasteiger charge is -2.29. The van der Waals surface area contributed by atoms with E-state index in [2.05, 4.69) is 20.5 Å². The van der Waals surface area contributed by atoms with Crippen molar-refractivity contribution in [2.45, 2.75) is 50.5 Å². The van der Waals surface area contributed by atoms with Crippen LogP contribution in [0.25, 0.3) is 10.9 Å². The molecule has 3 aliphatic rings. The van der Waals surface area contributed by atoms with Gasteiger partial charge in [0.2, 0.25) is 0 Å². The Balaban J connectivity index is 1.25. The predicted octanol–water partition coefficient (Wildman–Crippen LogP) is 3.32. The molecule has 2 aliphatic heterocycles. The molecule has 6 rings (SSSR count). The molecule has 9 nitrogen and oxygen atoms in total. The molecule has 2 N–H and O–H groups in total. The molecule has 194 valence electrons. The van der Waals surface area contributed by atoms with Gasteiger partial charge >= 0.3 is 0 Å². The Labute approximate surface area is 220 Å². The highest BCUT2D eigenvalue weighted by Crippen LogP contribution is 2.34. The van der Waals surface area contributed by atoms with Crippen molar-refractivity contribution in [2.75, 3.05) is 19.6 Å². The maximum atomic E-state index is 13.5. The lowest BCUT2D eigenvalue weighted by atomic mass is 9.98. The van der Waals surface area contributed by atoms with Crippen molar-refractivity contribution in [3.63, 3.8) is 0 Å². The minimum absolute atomic E-state index is 0.179.